The molecule has 2 rings (SSSR count). The molecule has 6 nitrogen and oxygen atoms in total. The fourth-order valence-corrected chi connectivity index (χ4v) is 1.95. The number of aromatic nitrogens is 2. The molecule has 0 saturated carbocycles. The lowest BCUT2D eigenvalue weighted by molar-refractivity contribution is 0.203. The summed E-state index contributed by atoms with van der Waals surface area (Å²) in [7, 11) is 1.68. The van der Waals surface area contributed by atoms with E-state index in [1.165, 1.54) is 0 Å². The number of rotatable bonds is 7. The van der Waals surface area contributed by atoms with Crippen molar-refractivity contribution >= 4 is 29.9 Å². The summed E-state index contributed by atoms with van der Waals surface area (Å²) in [5, 5.41) is 10.8. The highest BCUT2D eigenvalue weighted by molar-refractivity contribution is 14.0. The molecule has 0 bridgehead atoms. The Balaban J connectivity index is 0.00000264. The number of hydrogen-bond acceptors (Lipinski definition) is 3. The van der Waals surface area contributed by atoms with Gasteiger partial charge in [-0.3, -0.25) is 0 Å². The molecule has 0 spiro atoms. The van der Waals surface area contributed by atoms with E-state index in [9.17, 15) is 0 Å². The van der Waals surface area contributed by atoms with E-state index in [1.807, 2.05) is 54.3 Å². The zero-order valence-corrected chi connectivity index (χ0v) is 15.9. The average molecular weight is 429 g/mol. The van der Waals surface area contributed by atoms with Crippen molar-refractivity contribution < 1.29 is 4.74 Å². The Morgan fingerprint density at radius 3 is 2.74 bits per heavy atom. The van der Waals surface area contributed by atoms with Crippen LogP contribution in [0.2, 0.25) is 0 Å². The van der Waals surface area contributed by atoms with Gasteiger partial charge in [-0.1, -0.05) is 18.2 Å². The number of aliphatic imine (C=N–C) groups is 1. The Hall–Kier alpha value is -1.61. The summed E-state index contributed by atoms with van der Waals surface area (Å²) in [5.41, 5.74) is 2.11. The average Bonchev–Trinajstić information content (AvgIpc) is 3.03. The van der Waals surface area contributed by atoms with Gasteiger partial charge < -0.3 is 15.4 Å². The molecule has 1 heterocycles. The molecule has 2 N–H and O–H groups in total. The molecule has 0 aliphatic carbocycles. The van der Waals surface area contributed by atoms with Crippen LogP contribution >= 0.6 is 24.0 Å². The lowest BCUT2D eigenvalue weighted by Crippen LogP contribution is -2.38. The zero-order chi connectivity index (χ0) is 15.6. The van der Waals surface area contributed by atoms with Crippen molar-refractivity contribution in [1.29, 1.82) is 0 Å². The molecule has 1 aromatic heterocycles. The zero-order valence-electron chi connectivity index (χ0n) is 13.5. The lowest BCUT2D eigenvalue weighted by atomic mass is 10.3. The van der Waals surface area contributed by atoms with E-state index in [0.717, 1.165) is 30.3 Å². The van der Waals surface area contributed by atoms with Crippen molar-refractivity contribution in [3.63, 3.8) is 0 Å². The van der Waals surface area contributed by atoms with Crippen LogP contribution < -0.4 is 10.6 Å². The minimum Gasteiger partial charge on any atom is -0.383 e. The minimum atomic E-state index is 0. The molecule has 0 amide bonds. The minimum absolute atomic E-state index is 0. The number of halogens is 1. The van der Waals surface area contributed by atoms with E-state index < -0.39 is 0 Å². The summed E-state index contributed by atoms with van der Waals surface area (Å²) in [4.78, 5) is 4.55. The number of ether oxygens (including phenoxy) is 1. The Labute approximate surface area is 154 Å². The molecule has 126 valence electrons. The van der Waals surface area contributed by atoms with Crippen molar-refractivity contribution in [3.05, 3.63) is 48.3 Å². The van der Waals surface area contributed by atoms with Crippen LogP contribution in [0, 0.1) is 0 Å². The van der Waals surface area contributed by atoms with Gasteiger partial charge in [0.15, 0.2) is 5.96 Å². The summed E-state index contributed by atoms with van der Waals surface area (Å²) in [6, 6.07) is 10.0. The third-order valence-electron chi connectivity index (χ3n) is 3.02. The first-order valence-corrected chi connectivity index (χ1v) is 7.43. The fourth-order valence-electron chi connectivity index (χ4n) is 1.95. The maximum Gasteiger partial charge on any atom is 0.191 e. The quantitative estimate of drug-likeness (QED) is 0.307. The summed E-state index contributed by atoms with van der Waals surface area (Å²) in [5.74, 6) is 0.784. The highest BCUT2D eigenvalue weighted by atomic mass is 127. The van der Waals surface area contributed by atoms with Crippen molar-refractivity contribution in [2.45, 2.75) is 13.5 Å². The van der Waals surface area contributed by atoms with Crippen LogP contribution in [0.3, 0.4) is 0 Å². The predicted molar refractivity (Wildman–Crippen MR) is 104 cm³/mol. The van der Waals surface area contributed by atoms with Crippen LogP contribution in [0.5, 0.6) is 0 Å². The van der Waals surface area contributed by atoms with Crippen LogP contribution in [0.4, 0.5) is 0 Å². The van der Waals surface area contributed by atoms with Gasteiger partial charge in [-0.05, 0) is 19.1 Å². The van der Waals surface area contributed by atoms with Crippen LogP contribution in [-0.2, 0) is 11.3 Å². The number of para-hydroxylation sites is 1. The van der Waals surface area contributed by atoms with Crippen LogP contribution in [0.15, 0.2) is 47.7 Å². The van der Waals surface area contributed by atoms with Gasteiger partial charge in [0.2, 0.25) is 0 Å². The molecule has 0 saturated heterocycles. The third kappa shape index (κ3) is 6.57. The van der Waals surface area contributed by atoms with Crippen molar-refractivity contribution in [1.82, 2.24) is 20.4 Å². The molecular weight excluding hydrogens is 405 g/mol. The largest absolute Gasteiger partial charge is 0.383 e. The standard InChI is InChI=1S/C16H23N5O.HI/c1-3-17-16(18-9-10-22-2)19-11-14-12-20-21(13-14)15-7-5-4-6-8-15;/h4-8,12-13H,3,9-11H2,1-2H3,(H2,17,18,19);1H. The second kappa shape index (κ2) is 11.0. The van der Waals surface area contributed by atoms with Gasteiger partial charge in [0.05, 0.1) is 25.0 Å². The Kier molecular flexibility index (Phi) is 9.30. The maximum atomic E-state index is 5.03. The highest BCUT2D eigenvalue weighted by Crippen LogP contribution is 2.08. The smallest absolute Gasteiger partial charge is 0.191 e. The van der Waals surface area contributed by atoms with Crippen LogP contribution in [-0.4, -0.2) is 42.5 Å². The number of guanidine groups is 1. The van der Waals surface area contributed by atoms with Gasteiger partial charge >= 0.3 is 0 Å². The first-order chi connectivity index (χ1) is 10.8. The van der Waals surface area contributed by atoms with E-state index in [1.54, 1.807) is 7.11 Å². The number of nitrogens with one attached hydrogen (secondary N) is 2. The molecule has 1 aromatic carbocycles. The van der Waals surface area contributed by atoms with E-state index in [4.69, 9.17) is 4.74 Å². The molecule has 0 fully saturated rings. The van der Waals surface area contributed by atoms with Gasteiger partial charge in [0, 0.05) is 32.0 Å². The lowest BCUT2D eigenvalue weighted by Gasteiger charge is -2.10. The normalized spacial score (nSPS) is 11.0. The van der Waals surface area contributed by atoms with Crippen LogP contribution in [0.25, 0.3) is 5.69 Å². The number of nitrogens with zero attached hydrogens (tertiary/aromatic N) is 3. The highest BCUT2D eigenvalue weighted by Gasteiger charge is 2.01. The molecule has 23 heavy (non-hydrogen) atoms. The van der Waals surface area contributed by atoms with Gasteiger partial charge in [-0.25, -0.2) is 9.67 Å². The first kappa shape index (κ1) is 19.4. The molecule has 0 aliphatic heterocycles. The Bertz CT molecular complexity index is 585. The van der Waals surface area contributed by atoms with E-state index in [-0.39, 0.29) is 24.0 Å². The maximum absolute atomic E-state index is 5.03. The van der Waals surface area contributed by atoms with Gasteiger partial charge in [-0.15, -0.1) is 24.0 Å². The molecule has 0 atom stereocenters. The van der Waals surface area contributed by atoms with Gasteiger partial charge in [0.25, 0.3) is 0 Å². The summed E-state index contributed by atoms with van der Waals surface area (Å²) in [6.45, 7) is 4.82. The third-order valence-corrected chi connectivity index (χ3v) is 3.02. The Morgan fingerprint density at radius 1 is 1.26 bits per heavy atom. The van der Waals surface area contributed by atoms with E-state index in [0.29, 0.717) is 13.2 Å². The fraction of sp³-hybridized carbons (Fsp3) is 0.375. The number of benzene rings is 1. The number of hydrogen-bond donors (Lipinski definition) is 2. The summed E-state index contributed by atoms with van der Waals surface area (Å²) < 4.78 is 6.88. The molecule has 0 aliphatic rings. The summed E-state index contributed by atoms with van der Waals surface area (Å²) in [6.07, 6.45) is 3.84. The van der Waals surface area contributed by atoms with E-state index in [2.05, 4.69) is 20.7 Å². The molecule has 0 unspecified atom stereocenters. The topological polar surface area (TPSA) is 63.5 Å². The summed E-state index contributed by atoms with van der Waals surface area (Å²) >= 11 is 0. The van der Waals surface area contributed by atoms with Gasteiger partial charge in [0.1, 0.15) is 0 Å². The monoisotopic (exact) mass is 429 g/mol. The van der Waals surface area contributed by atoms with Crippen molar-refractivity contribution in [3.8, 4) is 5.69 Å². The van der Waals surface area contributed by atoms with Crippen molar-refractivity contribution in [2.75, 3.05) is 26.8 Å². The predicted octanol–water partition coefficient (Wildman–Crippen LogP) is 2.19. The Morgan fingerprint density at radius 2 is 2.04 bits per heavy atom. The number of methoxy groups -OCH3 is 1. The second-order valence-electron chi connectivity index (χ2n) is 4.74. The molecular formula is C16H24IN5O. The van der Waals surface area contributed by atoms with E-state index >= 15 is 0 Å². The van der Waals surface area contributed by atoms with Crippen LogP contribution in [0.1, 0.15) is 12.5 Å². The van der Waals surface area contributed by atoms with Crippen molar-refractivity contribution in [2.24, 2.45) is 4.99 Å². The van der Waals surface area contributed by atoms with Gasteiger partial charge in [-0.2, -0.15) is 5.10 Å². The molecule has 0 radical (unpaired) electrons. The molecule has 7 heteroatoms. The molecule has 2 aromatic rings. The second-order valence-corrected chi connectivity index (χ2v) is 4.74. The SMILES string of the molecule is CCNC(=NCc1cnn(-c2ccccc2)c1)NCCOC.I. The first-order valence-electron chi connectivity index (χ1n) is 7.43.